The number of hydrogen-bond acceptors (Lipinski definition) is 3. The lowest BCUT2D eigenvalue weighted by Gasteiger charge is -2.15. The van der Waals surface area contributed by atoms with Gasteiger partial charge in [-0.1, -0.05) is 24.8 Å². The summed E-state index contributed by atoms with van der Waals surface area (Å²) in [6.45, 7) is 6.49. The van der Waals surface area contributed by atoms with E-state index in [1.165, 1.54) is 0 Å². The number of ether oxygens (including phenoxy) is 2. The van der Waals surface area contributed by atoms with Crippen LogP contribution in [0, 0.1) is 0 Å². The van der Waals surface area contributed by atoms with E-state index in [0.717, 1.165) is 39.1 Å². The smallest absolute Gasteiger partial charge is 0.126 e. The van der Waals surface area contributed by atoms with E-state index in [-0.39, 0.29) is 0 Å². The molecular weight excluding hydrogens is 286 g/mol. The maximum Gasteiger partial charge on any atom is 0.126 e. The minimum absolute atomic E-state index is 0.463. The van der Waals surface area contributed by atoms with Crippen molar-refractivity contribution in [2.75, 3.05) is 7.11 Å². The Morgan fingerprint density at radius 3 is 2.78 bits per heavy atom. The predicted octanol–water partition coefficient (Wildman–Crippen LogP) is 4.86. The number of pyridine rings is 1. The molecule has 1 aromatic heterocycles. The summed E-state index contributed by atoms with van der Waals surface area (Å²) in [7, 11) is 1.67. The normalized spacial score (nSPS) is 10.5. The molecule has 0 unspecified atom stereocenters. The molecule has 0 fully saturated rings. The molecule has 0 bridgehead atoms. The molecule has 3 rings (SSSR count). The Kier molecular flexibility index (Phi) is 4.29. The molecule has 3 nitrogen and oxygen atoms in total. The van der Waals surface area contributed by atoms with Gasteiger partial charge in [0.05, 0.1) is 12.6 Å². The van der Waals surface area contributed by atoms with Crippen LogP contribution in [0.4, 0.5) is 0 Å². The van der Waals surface area contributed by atoms with Crippen molar-refractivity contribution in [1.29, 1.82) is 0 Å². The van der Waals surface area contributed by atoms with E-state index < -0.39 is 0 Å². The second-order valence-corrected chi connectivity index (χ2v) is 5.42. The average Bonchev–Trinajstić information content (AvgIpc) is 2.59. The molecule has 23 heavy (non-hydrogen) atoms. The van der Waals surface area contributed by atoms with Crippen LogP contribution in [-0.2, 0) is 6.61 Å². The quantitative estimate of drug-likeness (QED) is 0.675. The Labute approximate surface area is 136 Å². The zero-order valence-corrected chi connectivity index (χ0v) is 13.4. The summed E-state index contributed by atoms with van der Waals surface area (Å²) >= 11 is 0. The summed E-state index contributed by atoms with van der Waals surface area (Å²) in [5.74, 6) is 1.64. The lowest BCUT2D eigenvalue weighted by atomic mass is 10.0. The third-order valence-corrected chi connectivity index (χ3v) is 3.73. The molecule has 116 valence electrons. The highest BCUT2D eigenvalue weighted by atomic mass is 16.5. The summed E-state index contributed by atoms with van der Waals surface area (Å²) in [5.41, 5.74) is 3.99. The number of rotatable bonds is 5. The van der Waals surface area contributed by atoms with Gasteiger partial charge in [-0.3, -0.25) is 4.98 Å². The lowest BCUT2D eigenvalue weighted by Crippen LogP contribution is -2.01. The van der Waals surface area contributed by atoms with E-state index in [4.69, 9.17) is 9.47 Å². The topological polar surface area (TPSA) is 31.4 Å². The van der Waals surface area contributed by atoms with E-state index >= 15 is 0 Å². The first-order chi connectivity index (χ1) is 11.2. The average molecular weight is 305 g/mol. The predicted molar refractivity (Wildman–Crippen MR) is 93.8 cm³/mol. The Morgan fingerprint density at radius 2 is 2.00 bits per heavy atom. The maximum atomic E-state index is 5.97. The van der Waals surface area contributed by atoms with E-state index in [9.17, 15) is 0 Å². The third kappa shape index (κ3) is 3.19. The Bertz CT molecular complexity index is 855. The number of methoxy groups -OCH3 is 1. The first kappa shape index (κ1) is 15.1. The largest absolute Gasteiger partial charge is 0.496 e. The molecular formula is C20H19NO2. The van der Waals surface area contributed by atoms with Crippen LogP contribution < -0.4 is 9.47 Å². The maximum absolute atomic E-state index is 5.97. The van der Waals surface area contributed by atoms with Gasteiger partial charge < -0.3 is 9.47 Å². The minimum atomic E-state index is 0.463. The first-order valence-electron chi connectivity index (χ1n) is 7.48. The monoisotopic (exact) mass is 305 g/mol. The zero-order chi connectivity index (χ0) is 16.2. The molecule has 2 aromatic carbocycles. The zero-order valence-electron chi connectivity index (χ0n) is 13.4. The van der Waals surface area contributed by atoms with Crippen molar-refractivity contribution in [2.45, 2.75) is 13.5 Å². The van der Waals surface area contributed by atoms with Crippen LogP contribution in [0.2, 0.25) is 0 Å². The van der Waals surface area contributed by atoms with Crippen molar-refractivity contribution in [3.05, 3.63) is 72.4 Å². The third-order valence-electron chi connectivity index (χ3n) is 3.73. The number of allylic oxidation sites excluding steroid dienone is 1. The first-order valence-corrected chi connectivity index (χ1v) is 7.48. The minimum Gasteiger partial charge on any atom is -0.496 e. The number of benzene rings is 2. The molecule has 0 spiro atoms. The number of fused-ring (bicyclic) bond motifs is 1. The molecule has 3 heteroatoms. The molecule has 0 N–H and O–H groups in total. The molecule has 0 radical (unpaired) electrons. The van der Waals surface area contributed by atoms with Gasteiger partial charge in [0.1, 0.15) is 18.1 Å². The molecule has 0 aliphatic rings. The Hall–Kier alpha value is -2.81. The highest BCUT2D eigenvalue weighted by Gasteiger charge is 2.10. The van der Waals surface area contributed by atoms with Crippen molar-refractivity contribution in [1.82, 2.24) is 4.98 Å². The van der Waals surface area contributed by atoms with Crippen LogP contribution in [0.1, 0.15) is 18.1 Å². The van der Waals surface area contributed by atoms with Crippen LogP contribution in [-0.4, -0.2) is 12.1 Å². The molecule has 0 saturated carbocycles. The number of nitrogens with zero attached hydrogens (tertiary/aromatic N) is 1. The second-order valence-electron chi connectivity index (χ2n) is 5.42. The summed E-state index contributed by atoms with van der Waals surface area (Å²) in [4.78, 5) is 4.32. The lowest BCUT2D eigenvalue weighted by molar-refractivity contribution is 0.305. The van der Waals surface area contributed by atoms with Gasteiger partial charge in [0, 0.05) is 22.7 Å². The fourth-order valence-corrected chi connectivity index (χ4v) is 2.66. The molecule has 0 saturated heterocycles. The second kappa shape index (κ2) is 6.53. The van der Waals surface area contributed by atoms with E-state index in [1.807, 2.05) is 55.5 Å². The van der Waals surface area contributed by atoms with Crippen molar-refractivity contribution in [2.24, 2.45) is 0 Å². The summed E-state index contributed by atoms with van der Waals surface area (Å²) in [6.07, 6.45) is 1.79. The van der Waals surface area contributed by atoms with Crippen LogP contribution in [0.5, 0.6) is 11.5 Å². The number of hydrogen-bond donors (Lipinski definition) is 0. The SMILES string of the molecule is C=C(C)c1c(COc2ccc3ncccc3c2)cccc1OC. The van der Waals surface area contributed by atoms with E-state index in [2.05, 4.69) is 11.6 Å². The van der Waals surface area contributed by atoms with Gasteiger partial charge in [0.15, 0.2) is 0 Å². The van der Waals surface area contributed by atoms with Crippen LogP contribution in [0.25, 0.3) is 16.5 Å². The van der Waals surface area contributed by atoms with Crippen LogP contribution in [0.3, 0.4) is 0 Å². The van der Waals surface area contributed by atoms with Crippen LogP contribution in [0.15, 0.2) is 61.3 Å². The van der Waals surface area contributed by atoms with Crippen molar-refractivity contribution in [3.63, 3.8) is 0 Å². The summed E-state index contributed by atoms with van der Waals surface area (Å²) in [5, 5.41) is 1.07. The summed E-state index contributed by atoms with van der Waals surface area (Å²) < 4.78 is 11.4. The van der Waals surface area contributed by atoms with Crippen LogP contribution >= 0.6 is 0 Å². The Balaban J connectivity index is 1.86. The molecule has 1 heterocycles. The highest BCUT2D eigenvalue weighted by Crippen LogP contribution is 2.29. The van der Waals surface area contributed by atoms with Gasteiger partial charge in [0.2, 0.25) is 0 Å². The fraction of sp³-hybridized carbons (Fsp3) is 0.150. The number of aromatic nitrogens is 1. The van der Waals surface area contributed by atoms with Gasteiger partial charge in [-0.2, -0.15) is 0 Å². The standard InChI is InChI=1S/C20H19NO2/c1-14(2)20-16(6-4-8-19(20)22-3)13-23-17-9-10-18-15(12-17)7-5-11-21-18/h4-12H,1,13H2,2-3H3. The molecule has 3 aromatic rings. The van der Waals surface area contributed by atoms with Gasteiger partial charge in [-0.05, 0) is 42.8 Å². The van der Waals surface area contributed by atoms with Crippen molar-refractivity contribution in [3.8, 4) is 11.5 Å². The van der Waals surface area contributed by atoms with Crippen molar-refractivity contribution >= 4 is 16.5 Å². The summed E-state index contributed by atoms with van der Waals surface area (Å²) in [6, 6.07) is 15.8. The van der Waals surface area contributed by atoms with E-state index in [0.29, 0.717) is 6.61 Å². The molecule has 0 aliphatic heterocycles. The van der Waals surface area contributed by atoms with Gasteiger partial charge >= 0.3 is 0 Å². The Morgan fingerprint density at radius 1 is 1.13 bits per heavy atom. The molecule has 0 amide bonds. The molecule has 0 aliphatic carbocycles. The highest BCUT2D eigenvalue weighted by molar-refractivity contribution is 5.79. The fourth-order valence-electron chi connectivity index (χ4n) is 2.66. The van der Waals surface area contributed by atoms with Gasteiger partial charge in [-0.25, -0.2) is 0 Å². The van der Waals surface area contributed by atoms with Gasteiger partial charge in [0.25, 0.3) is 0 Å². The van der Waals surface area contributed by atoms with Crippen molar-refractivity contribution < 1.29 is 9.47 Å². The van der Waals surface area contributed by atoms with Gasteiger partial charge in [-0.15, -0.1) is 0 Å². The van der Waals surface area contributed by atoms with E-state index in [1.54, 1.807) is 13.3 Å². The molecule has 0 atom stereocenters.